The Labute approximate surface area is 117 Å². The van der Waals surface area contributed by atoms with Gasteiger partial charge in [0.15, 0.2) is 0 Å². The summed E-state index contributed by atoms with van der Waals surface area (Å²) in [5.41, 5.74) is -1.83. The summed E-state index contributed by atoms with van der Waals surface area (Å²) in [6.45, 7) is 2.63. The second-order valence-corrected chi connectivity index (χ2v) is 2.44. The molecule has 0 aliphatic carbocycles. The number of Topliss-reactive ketones (excluding diaryl/α,β-unsaturated/α-hetero) is 1. The van der Waals surface area contributed by atoms with E-state index in [2.05, 4.69) is 4.42 Å². The Balaban J connectivity index is 0.00000144. The Kier molecular flexibility index (Phi) is 5.09. The van der Waals surface area contributed by atoms with Gasteiger partial charge in [0.25, 0.3) is 5.63 Å². The van der Waals surface area contributed by atoms with E-state index in [1.807, 2.05) is 0 Å². The second-order valence-electron chi connectivity index (χ2n) is 2.44. The van der Waals surface area contributed by atoms with E-state index in [1.54, 1.807) is 0 Å². The summed E-state index contributed by atoms with van der Waals surface area (Å²) in [6, 6.07) is 1.12. The van der Waals surface area contributed by atoms with Crippen LogP contribution in [0.1, 0.15) is 23.0 Å². The first-order valence-electron chi connectivity index (χ1n) is 3.35. The van der Waals surface area contributed by atoms with Crippen molar-refractivity contribution in [2.24, 2.45) is 0 Å². The van der Waals surface area contributed by atoms with Crippen LogP contribution in [0, 0.1) is 6.92 Å². The third-order valence-corrected chi connectivity index (χ3v) is 1.39. The third kappa shape index (κ3) is 3.03. The first-order chi connectivity index (χ1) is 5.52. The molecule has 0 saturated heterocycles. The molecular weight excluding hydrogens is 199 g/mol. The van der Waals surface area contributed by atoms with E-state index in [1.165, 1.54) is 6.92 Å². The molecule has 1 aromatic rings. The Hall–Kier alpha value is 0.0564. The predicted molar refractivity (Wildman–Crippen MR) is 41.6 cm³/mol. The Morgan fingerprint density at radius 1 is 1.46 bits per heavy atom. The molecule has 0 saturated carbocycles. The van der Waals surface area contributed by atoms with Crippen LogP contribution in [-0.4, -0.2) is 5.78 Å². The largest absolute Gasteiger partial charge is 1.00 e. The van der Waals surface area contributed by atoms with Crippen molar-refractivity contribution in [3.05, 3.63) is 38.0 Å². The summed E-state index contributed by atoms with van der Waals surface area (Å²) in [5, 5.41) is 0. The fourth-order valence-corrected chi connectivity index (χ4v) is 0.901. The summed E-state index contributed by atoms with van der Waals surface area (Å²) in [6.07, 6.45) is 0. The van der Waals surface area contributed by atoms with Crippen molar-refractivity contribution in [3.63, 3.8) is 0 Å². The molecule has 0 atom stereocenters. The molecule has 0 aromatic carbocycles. The molecule has 0 unspecified atom stereocenters. The van der Waals surface area contributed by atoms with Crippen LogP contribution in [0.5, 0.6) is 0 Å². The zero-order valence-electron chi connectivity index (χ0n) is 7.71. The van der Waals surface area contributed by atoms with Crippen molar-refractivity contribution in [1.29, 1.82) is 0 Å². The maximum absolute atomic E-state index is 11.0. The first-order valence-corrected chi connectivity index (χ1v) is 3.35. The van der Waals surface area contributed by atoms with Crippen LogP contribution in [0.15, 0.2) is 20.1 Å². The molecule has 1 rings (SSSR count). The topological polar surface area (TPSA) is 64.3 Å². The van der Waals surface area contributed by atoms with Gasteiger partial charge in [-0.25, -0.2) is 0 Å². The maximum Gasteiger partial charge on any atom is 1.00 e. The Morgan fingerprint density at radius 3 is 2.38 bits per heavy atom. The molecule has 1 aromatic heterocycles. The average Bonchev–Trinajstić information content (AvgIpc) is 1.82. The van der Waals surface area contributed by atoms with Crippen molar-refractivity contribution in [2.45, 2.75) is 13.8 Å². The summed E-state index contributed by atoms with van der Waals surface area (Å²) in [5.74, 6) is -0.344. The molecule has 13 heavy (non-hydrogen) atoms. The molecule has 1 heterocycles. The van der Waals surface area contributed by atoms with E-state index in [0.29, 0.717) is 0 Å². The van der Waals surface area contributed by atoms with E-state index in [0.717, 1.165) is 13.0 Å². The first kappa shape index (κ1) is 13.1. The summed E-state index contributed by atoms with van der Waals surface area (Å²) < 4.78 is 4.57. The second kappa shape index (κ2) is 5.07. The standard InChI is InChI=1S/C8H7O4.K/c1-4-3-6(10)7(5(2)9)8(11)12-4;/h3H,1-2H3;/q-1;+1. The average molecular weight is 206 g/mol. The zero-order valence-corrected chi connectivity index (χ0v) is 10.8. The molecule has 0 aliphatic rings. The van der Waals surface area contributed by atoms with Crippen molar-refractivity contribution in [3.8, 4) is 0 Å². The van der Waals surface area contributed by atoms with Crippen LogP contribution >= 0.6 is 0 Å². The van der Waals surface area contributed by atoms with Crippen molar-refractivity contribution in [1.82, 2.24) is 0 Å². The van der Waals surface area contributed by atoms with E-state index in [4.69, 9.17) is 0 Å². The van der Waals surface area contributed by atoms with Gasteiger partial charge in [-0.3, -0.25) is 4.79 Å². The van der Waals surface area contributed by atoms with Gasteiger partial charge in [0.1, 0.15) is 0 Å². The molecule has 4 nitrogen and oxygen atoms in total. The molecule has 5 heteroatoms. The fraction of sp³-hybridized carbons (Fsp3) is 0.250. The number of carbonyl (C=O) groups is 1. The number of ketones is 1. The van der Waals surface area contributed by atoms with Crippen molar-refractivity contribution >= 4 is 5.78 Å². The van der Waals surface area contributed by atoms with E-state index in [9.17, 15) is 14.4 Å². The summed E-state index contributed by atoms with van der Waals surface area (Å²) >= 11 is 0. The Bertz CT molecular complexity index is 395. The Morgan fingerprint density at radius 2 is 2.00 bits per heavy atom. The molecule has 0 radical (unpaired) electrons. The molecule has 0 bridgehead atoms. The molecule has 0 amide bonds. The minimum atomic E-state index is -0.854. The van der Waals surface area contributed by atoms with Gasteiger partial charge in [-0.2, -0.15) is 0 Å². The number of carbonyl (C=O) groups excluding carboxylic acids is 1. The third-order valence-electron chi connectivity index (χ3n) is 1.39. The monoisotopic (exact) mass is 206 g/mol. The summed E-state index contributed by atoms with van der Waals surface area (Å²) in [4.78, 5) is 32.7. The number of hydrogen-bond donors (Lipinski definition) is 0. The van der Waals surface area contributed by atoms with Gasteiger partial charge in [0.2, 0.25) is 0 Å². The molecule has 0 N–H and O–H groups in total. The summed E-state index contributed by atoms with van der Waals surface area (Å²) in [7, 11) is 0. The van der Waals surface area contributed by atoms with Crippen LogP contribution in [0.2, 0.25) is 0 Å². The van der Waals surface area contributed by atoms with Gasteiger partial charge in [0, 0.05) is 11.2 Å². The maximum atomic E-state index is 11.0. The number of rotatable bonds is 1. The van der Waals surface area contributed by atoms with Gasteiger partial charge < -0.3 is 14.0 Å². The fourth-order valence-electron chi connectivity index (χ4n) is 0.901. The van der Waals surface area contributed by atoms with Crippen LogP contribution in [-0.2, 0) is 0 Å². The van der Waals surface area contributed by atoms with E-state index in [-0.39, 0.29) is 57.1 Å². The van der Waals surface area contributed by atoms with Crippen LogP contribution < -0.4 is 62.4 Å². The van der Waals surface area contributed by atoms with Gasteiger partial charge in [-0.05, 0) is 19.4 Å². The van der Waals surface area contributed by atoms with Crippen molar-refractivity contribution < 1.29 is 60.6 Å². The van der Waals surface area contributed by atoms with Crippen LogP contribution in [0.25, 0.3) is 0 Å². The normalized spacial score (nSPS) is 9.08. The minimum absolute atomic E-state index is 0. The SMILES string of the molecule is CC(=O)[c-]1c(=O)cc(C)oc1=O.[K+]. The van der Waals surface area contributed by atoms with Gasteiger partial charge in [0.05, 0.1) is 5.78 Å². The van der Waals surface area contributed by atoms with Crippen LogP contribution in [0.3, 0.4) is 0 Å². The molecular formula is C8H7KO4. The van der Waals surface area contributed by atoms with E-state index < -0.39 is 22.4 Å². The molecule has 64 valence electrons. The predicted octanol–water partition coefficient (Wildman–Crippen LogP) is -2.77. The van der Waals surface area contributed by atoms with Crippen LogP contribution in [0.4, 0.5) is 0 Å². The van der Waals surface area contributed by atoms with Gasteiger partial charge >= 0.3 is 51.4 Å². The number of aryl methyl sites for hydroxylation is 1. The number of hydrogen-bond acceptors (Lipinski definition) is 4. The van der Waals surface area contributed by atoms with E-state index >= 15 is 0 Å². The molecule has 0 fully saturated rings. The zero-order chi connectivity index (χ0) is 9.30. The molecule has 0 aliphatic heterocycles. The quantitative estimate of drug-likeness (QED) is 0.283. The van der Waals surface area contributed by atoms with Gasteiger partial charge in [-0.1, -0.05) is 0 Å². The van der Waals surface area contributed by atoms with Gasteiger partial charge in [-0.15, -0.1) is 6.07 Å². The minimum Gasteiger partial charge on any atom is -0.460 e. The van der Waals surface area contributed by atoms with Crippen molar-refractivity contribution in [2.75, 3.05) is 0 Å². The smallest absolute Gasteiger partial charge is 0.460 e. The molecule has 0 spiro atoms.